The molecule has 0 aliphatic carbocycles. The normalized spacial score (nSPS) is 9.88. The minimum atomic E-state index is -0.491. The lowest BCUT2D eigenvalue weighted by atomic mass is 10.2. The number of carbonyl (C=O) groups excluding carboxylic acids is 2. The number of thiol groups is 1. The van der Waals surface area contributed by atoms with Gasteiger partial charge in [-0.25, -0.2) is 4.39 Å². The van der Waals surface area contributed by atoms with Crippen LogP contribution in [0.25, 0.3) is 0 Å². The van der Waals surface area contributed by atoms with Gasteiger partial charge in [-0.3, -0.25) is 9.59 Å². The molecule has 2 amide bonds. The van der Waals surface area contributed by atoms with Crippen LogP contribution in [0.5, 0.6) is 0 Å². The van der Waals surface area contributed by atoms with Crippen molar-refractivity contribution in [2.45, 2.75) is 11.3 Å². The van der Waals surface area contributed by atoms with Crippen LogP contribution in [0.3, 0.4) is 0 Å². The van der Waals surface area contributed by atoms with Gasteiger partial charge < -0.3 is 11.1 Å². The summed E-state index contributed by atoms with van der Waals surface area (Å²) in [6.45, 7) is 0.160. The Kier molecular flexibility index (Phi) is 4.30. The number of benzene rings is 1. The molecule has 1 rings (SSSR count). The van der Waals surface area contributed by atoms with Gasteiger partial charge in [-0.15, -0.1) is 12.6 Å². The van der Waals surface area contributed by atoms with Crippen molar-refractivity contribution in [2.24, 2.45) is 5.73 Å². The Labute approximate surface area is 97.4 Å². The lowest BCUT2D eigenvalue weighted by molar-refractivity contribution is -0.117. The molecule has 0 heterocycles. The highest BCUT2D eigenvalue weighted by Crippen LogP contribution is 2.13. The van der Waals surface area contributed by atoms with E-state index in [1.54, 1.807) is 0 Å². The molecule has 0 saturated heterocycles. The van der Waals surface area contributed by atoms with E-state index in [9.17, 15) is 14.0 Å². The molecule has 86 valence electrons. The number of carbonyl (C=O) groups is 2. The van der Waals surface area contributed by atoms with Gasteiger partial charge in [0.2, 0.25) is 5.91 Å². The minimum absolute atomic E-state index is 0.0701. The summed E-state index contributed by atoms with van der Waals surface area (Å²) in [5.41, 5.74) is 5.20. The number of hydrogen-bond acceptors (Lipinski definition) is 3. The topological polar surface area (TPSA) is 72.2 Å². The molecule has 0 radical (unpaired) electrons. The zero-order valence-corrected chi connectivity index (χ0v) is 9.26. The zero-order valence-electron chi connectivity index (χ0n) is 8.37. The van der Waals surface area contributed by atoms with Crippen LogP contribution < -0.4 is 11.1 Å². The van der Waals surface area contributed by atoms with E-state index in [1.165, 1.54) is 12.1 Å². The van der Waals surface area contributed by atoms with E-state index in [-0.39, 0.29) is 23.4 Å². The van der Waals surface area contributed by atoms with E-state index in [0.717, 1.165) is 6.07 Å². The Morgan fingerprint density at radius 1 is 1.44 bits per heavy atom. The first-order chi connectivity index (χ1) is 7.50. The van der Waals surface area contributed by atoms with Crippen molar-refractivity contribution in [3.05, 3.63) is 29.6 Å². The molecule has 0 aliphatic rings. The van der Waals surface area contributed by atoms with Crippen molar-refractivity contribution in [3.63, 3.8) is 0 Å². The lowest BCUT2D eigenvalue weighted by Gasteiger charge is -2.04. The van der Waals surface area contributed by atoms with Gasteiger partial charge in [-0.1, -0.05) is 0 Å². The largest absolute Gasteiger partial charge is 0.370 e. The van der Waals surface area contributed by atoms with E-state index in [1.807, 2.05) is 0 Å². The quantitative estimate of drug-likeness (QED) is 0.681. The maximum atomic E-state index is 12.9. The molecule has 0 spiro atoms. The van der Waals surface area contributed by atoms with Gasteiger partial charge >= 0.3 is 0 Å². The predicted octanol–water partition coefficient (Wildman–Crippen LogP) is 0.720. The van der Waals surface area contributed by atoms with Crippen LogP contribution in [0.4, 0.5) is 4.39 Å². The van der Waals surface area contributed by atoms with Crippen LogP contribution in [0.1, 0.15) is 16.8 Å². The third-order valence-corrected chi connectivity index (χ3v) is 2.21. The van der Waals surface area contributed by atoms with E-state index in [4.69, 9.17) is 5.73 Å². The Morgan fingerprint density at radius 3 is 2.69 bits per heavy atom. The summed E-state index contributed by atoms with van der Waals surface area (Å²) >= 11 is 3.86. The van der Waals surface area contributed by atoms with Gasteiger partial charge in [0, 0.05) is 23.4 Å². The van der Waals surface area contributed by atoms with Crippen molar-refractivity contribution in [1.82, 2.24) is 5.32 Å². The van der Waals surface area contributed by atoms with Gasteiger partial charge in [0.25, 0.3) is 5.91 Å². The molecular weight excluding hydrogens is 231 g/mol. The molecule has 0 aliphatic heterocycles. The third kappa shape index (κ3) is 3.54. The molecule has 0 atom stereocenters. The van der Waals surface area contributed by atoms with Gasteiger partial charge in [0.1, 0.15) is 5.82 Å². The second-order valence-corrected chi connectivity index (χ2v) is 3.62. The number of halogens is 1. The average Bonchev–Trinajstić information content (AvgIpc) is 2.21. The molecular formula is C10H11FN2O2S. The van der Waals surface area contributed by atoms with Crippen LogP contribution in [0.2, 0.25) is 0 Å². The molecule has 0 unspecified atom stereocenters. The van der Waals surface area contributed by atoms with Gasteiger partial charge in [-0.05, 0) is 18.2 Å². The number of amides is 2. The average molecular weight is 242 g/mol. The fourth-order valence-electron chi connectivity index (χ4n) is 1.06. The molecule has 4 nitrogen and oxygen atoms in total. The molecule has 0 bridgehead atoms. The lowest BCUT2D eigenvalue weighted by Crippen LogP contribution is -2.27. The number of rotatable bonds is 4. The number of hydrogen-bond donors (Lipinski definition) is 3. The summed E-state index contributed by atoms with van der Waals surface area (Å²) in [5.74, 6) is -1.37. The Balaban J connectivity index is 2.59. The fourth-order valence-corrected chi connectivity index (χ4v) is 1.27. The monoisotopic (exact) mass is 242 g/mol. The van der Waals surface area contributed by atoms with Crippen LogP contribution in [0.15, 0.2) is 23.1 Å². The first-order valence-corrected chi connectivity index (χ1v) is 5.00. The number of nitrogens with one attached hydrogen (secondary N) is 1. The Morgan fingerprint density at radius 2 is 2.12 bits per heavy atom. The Bertz CT molecular complexity index is 423. The Hall–Kier alpha value is -1.56. The summed E-state index contributed by atoms with van der Waals surface area (Å²) < 4.78 is 12.9. The molecule has 0 fully saturated rings. The van der Waals surface area contributed by atoms with Crippen molar-refractivity contribution < 1.29 is 14.0 Å². The highest BCUT2D eigenvalue weighted by Gasteiger charge is 2.07. The molecule has 0 saturated carbocycles. The molecule has 6 heteroatoms. The summed E-state index contributed by atoms with van der Waals surface area (Å²) in [4.78, 5) is 22.0. The van der Waals surface area contributed by atoms with Crippen molar-refractivity contribution in [1.29, 1.82) is 0 Å². The molecule has 3 N–H and O–H groups in total. The van der Waals surface area contributed by atoms with E-state index in [2.05, 4.69) is 17.9 Å². The van der Waals surface area contributed by atoms with Crippen molar-refractivity contribution >= 4 is 24.4 Å². The first-order valence-electron chi connectivity index (χ1n) is 4.55. The minimum Gasteiger partial charge on any atom is -0.370 e. The fraction of sp³-hybridized carbons (Fsp3) is 0.200. The van der Waals surface area contributed by atoms with Gasteiger partial charge in [-0.2, -0.15) is 0 Å². The van der Waals surface area contributed by atoms with E-state index < -0.39 is 17.6 Å². The molecule has 16 heavy (non-hydrogen) atoms. The highest BCUT2D eigenvalue weighted by atomic mass is 32.1. The van der Waals surface area contributed by atoms with Crippen LogP contribution in [-0.4, -0.2) is 18.4 Å². The summed E-state index contributed by atoms with van der Waals surface area (Å²) in [6, 6.07) is 3.82. The second-order valence-electron chi connectivity index (χ2n) is 3.14. The zero-order chi connectivity index (χ0) is 12.1. The second kappa shape index (κ2) is 5.50. The van der Waals surface area contributed by atoms with Crippen LogP contribution in [-0.2, 0) is 4.79 Å². The molecule has 1 aromatic carbocycles. The van der Waals surface area contributed by atoms with E-state index in [0.29, 0.717) is 0 Å². The predicted molar refractivity (Wildman–Crippen MR) is 59.8 cm³/mol. The smallest absolute Gasteiger partial charge is 0.251 e. The number of primary amides is 1. The summed E-state index contributed by atoms with van der Waals surface area (Å²) in [7, 11) is 0. The standard InChI is InChI=1S/C10H11FN2O2S/c11-7-2-1-6(5-8(7)16)10(15)13-4-3-9(12)14/h1-2,5,16H,3-4H2,(H2,12,14)(H,13,15). The van der Waals surface area contributed by atoms with Crippen molar-refractivity contribution in [3.8, 4) is 0 Å². The maximum Gasteiger partial charge on any atom is 0.251 e. The number of nitrogens with two attached hydrogens (primary N) is 1. The van der Waals surface area contributed by atoms with Crippen LogP contribution >= 0.6 is 12.6 Å². The molecule has 0 aromatic heterocycles. The highest BCUT2D eigenvalue weighted by molar-refractivity contribution is 7.80. The van der Waals surface area contributed by atoms with Crippen molar-refractivity contribution in [2.75, 3.05) is 6.54 Å². The summed E-state index contributed by atoms with van der Waals surface area (Å²) in [6.07, 6.45) is 0.0701. The van der Waals surface area contributed by atoms with Gasteiger partial charge in [0.05, 0.1) is 0 Å². The van der Waals surface area contributed by atoms with E-state index >= 15 is 0 Å². The van der Waals surface area contributed by atoms with Crippen LogP contribution in [0, 0.1) is 5.82 Å². The first kappa shape index (κ1) is 12.5. The SMILES string of the molecule is NC(=O)CCNC(=O)c1ccc(F)c(S)c1. The van der Waals surface area contributed by atoms with Gasteiger partial charge in [0.15, 0.2) is 0 Å². The molecule has 1 aromatic rings. The third-order valence-electron chi connectivity index (χ3n) is 1.87. The maximum absolute atomic E-state index is 12.9. The summed E-state index contributed by atoms with van der Waals surface area (Å²) in [5, 5.41) is 2.48.